The monoisotopic (exact) mass is 411 g/mol. The molecule has 0 aromatic heterocycles. The van der Waals surface area contributed by atoms with Crippen LogP contribution in [0, 0.1) is 0 Å². The smallest absolute Gasteiger partial charge is 0.234 e. The minimum atomic E-state index is 0.0147. The van der Waals surface area contributed by atoms with E-state index in [4.69, 9.17) is 4.74 Å². The number of thioether (sulfide) groups is 2. The van der Waals surface area contributed by atoms with Crippen molar-refractivity contribution in [3.05, 3.63) is 52.5 Å². The predicted molar refractivity (Wildman–Crippen MR) is 104 cm³/mol. The lowest BCUT2D eigenvalue weighted by Gasteiger charge is -2.08. The number of amides is 1. The van der Waals surface area contributed by atoms with Crippen LogP contribution in [0.2, 0.25) is 0 Å². The lowest BCUT2D eigenvalue weighted by atomic mass is 10.2. The molecule has 0 saturated heterocycles. The van der Waals surface area contributed by atoms with E-state index < -0.39 is 0 Å². The molecule has 2 aromatic carbocycles. The number of hydrogen-bond donors (Lipinski definition) is 1. The van der Waals surface area contributed by atoms with Crippen LogP contribution in [0.25, 0.3) is 0 Å². The second kappa shape index (κ2) is 9.25. The Morgan fingerprint density at radius 1 is 1.26 bits per heavy atom. The molecule has 1 amide bonds. The first-order chi connectivity index (χ1) is 11.1. The summed E-state index contributed by atoms with van der Waals surface area (Å²) in [6.07, 6.45) is 2.02. The first-order valence-electron chi connectivity index (χ1n) is 6.96. The van der Waals surface area contributed by atoms with E-state index in [1.807, 2.05) is 48.7 Å². The standard InChI is InChI=1S/C17H18BrNO2S2/c1-21-16-7-6-12(8-15(16)18)10-23-11-17(20)19-13-4-3-5-14(9-13)22-2/h3-9H,10-11H2,1-2H3,(H,19,20). The van der Waals surface area contributed by atoms with Gasteiger partial charge in [0.05, 0.1) is 17.3 Å². The van der Waals surface area contributed by atoms with Gasteiger partial charge >= 0.3 is 0 Å². The molecule has 2 aromatic rings. The van der Waals surface area contributed by atoms with Gasteiger partial charge in [0.2, 0.25) is 5.91 Å². The highest BCUT2D eigenvalue weighted by atomic mass is 79.9. The van der Waals surface area contributed by atoms with E-state index in [0.717, 1.165) is 32.1 Å². The molecule has 0 bridgehead atoms. The summed E-state index contributed by atoms with van der Waals surface area (Å²) in [6.45, 7) is 0. The molecule has 0 heterocycles. The molecular weight excluding hydrogens is 394 g/mol. The van der Waals surface area contributed by atoms with Crippen molar-refractivity contribution >= 4 is 51.0 Å². The minimum absolute atomic E-state index is 0.0147. The van der Waals surface area contributed by atoms with Crippen molar-refractivity contribution < 1.29 is 9.53 Å². The molecule has 0 aliphatic heterocycles. The average molecular weight is 412 g/mol. The van der Waals surface area contributed by atoms with Crippen LogP contribution in [0.5, 0.6) is 5.75 Å². The average Bonchev–Trinajstić information content (AvgIpc) is 2.55. The van der Waals surface area contributed by atoms with Crippen LogP contribution in [0.15, 0.2) is 51.8 Å². The van der Waals surface area contributed by atoms with Gasteiger partial charge in [0.15, 0.2) is 0 Å². The molecule has 0 aliphatic carbocycles. The van der Waals surface area contributed by atoms with E-state index in [1.165, 1.54) is 0 Å². The normalized spacial score (nSPS) is 10.4. The van der Waals surface area contributed by atoms with Crippen molar-refractivity contribution in [2.24, 2.45) is 0 Å². The molecule has 0 spiro atoms. The summed E-state index contributed by atoms with van der Waals surface area (Å²) in [4.78, 5) is 13.1. The maximum Gasteiger partial charge on any atom is 0.234 e. The van der Waals surface area contributed by atoms with Crippen molar-refractivity contribution in [2.75, 3.05) is 24.4 Å². The molecule has 0 saturated carbocycles. The SMILES string of the molecule is COc1ccc(CSCC(=O)Nc2cccc(SC)c2)cc1Br. The van der Waals surface area contributed by atoms with E-state index >= 15 is 0 Å². The van der Waals surface area contributed by atoms with Crippen LogP contribution in [0.3, 0.4) is 0 Å². The summed E-state index contributed by atoms with van der Waals surface area (Å²) in [6, 6.07) is 13.8. The van der Waals surface area contributed by atoms with Crippen molar-refractivity contribution in [3.8, 4) is 5.75 Å². The maximum absolute atomic E-state index is 12.0. The third-order valence-corrected chi connectivity index (χ3v) is 5.42. The van der Waals surface area contributed by atoms with Crippen LogP contribution < -0.4 is 10.1 Å². The van der Waals surface area contributed by atoms with Crippen molar-refractivity contribution in [1.82, 2.24) is 0 Å². The highest BCUT2D eigenvalue weighted by Gasteiger charge is 2.05. The molecule has 0 radical (unpaired) electrons. The zero-order chi connectivity index (χ0) is 16.7. The van der Waals surface area contributed by atoms with E-state index in [0.29, 0.717) is 5.75 Å². The van der Waals surface area contributed by atoms with Crippen LogP contribution in [0.1, 0.15) is 5.56 Å². The minimum Gasteiger partial charge on any atom is -0.496 e. The number of methoxy groups -OCH3 is 1. The summed E-state index contributed by atoms with van der Waals surface area (Å²) in [5.74, 6) is 2.03. The quantitative estimate of drug-likeness (QED) is 0.646. The third kappa shape index (κ3) is 5.79. The topological polar surface area (TPSA) is 38.3 Å². The number of rotatable bonds is 7. The fraction of sp³-hybridized carbons (Fsp3) is 0.235. The van der Waals surface area contributed by atoms with E-state index in [1.54, 1.807) is 30.6 Å². The largest absolute Gasteiger partial charge is 0.496 e. The van der Waals surface area contributed by atoms with Gasteiger partial charge in [-0.1, -0.05) is 12.1 Å². The molecule has 3 nitrogen and oxygen atoms in total. The first kappa shape index (κ1) is 18.2. The molecule has 0 fully saturated rings. The summed E-state index contributed by atoms with van der Waals surface area (Å²) in [7, 11) is 1.64. The lowest BCUT2D eigenvalue weighted by molar-refractivity contribution is -0.113. The Hall–Kier alpha value is -1.11. The Morgan fingerprint density at radius 3 is 2.78 bits per heavy atom. The first-order valence-corrected chi connectivity index (χ1v) is 10.1. The Labute approximate surface area is 153 Å². The third-order valence-electron chi connectivity index (χ3n) is 3.07. The van der Waals surface area contributed by atoms with Gasteiger partial charge in [-0.3, -0.25) is 4.79 Å². The maximum atomic E-state index is 12.0. The van der Waals surface area contributed by atoms with Gasteiger partial charge in [-0.2, -0.15) is 0 Å². The molecule has 0 atom stereocenters. The van der Waals surface area contributed by atoms with Gasteiger partial charge in [-0.25, -0.2) is 0 Å². The van der Waals surface area contributed by atoms with Gasteiger partial charge in [0.25, 0.3) is 0 Å². The summed E-state index contributed by atoms with van der Waals surface area (Å²) >= 11 is 6.72. The molecule has 0 aliphatic rings. The zero-order valence-electron chi connectivity index (χ0n) is 13.0. The predicted octanol–water partition coefficient (Wildman–Crippen LogP) is 5.05. The number of anilines is 1. The Bertz CT molecular complexity index is 679. The Kier molecular flexibility index (Phi) is 7.33. The fourth-order valence-electron chi connectivity index (χ4n) is 1.96. The van der Waals surface area contributed by atoms with Crippen LogP contribution >= 0.6 is 39.5 Å². The summed E-state index contributed by atoms with van der Waals surface area (Å²) < 4.78 is 6.14. The van der Waals surface area contributed by atoms with Crippen molar-refractivity contribution in [1.29, 1.82) is 0 Å². The van der Waals surface area contributed by atoms with Crippen molar-refractivity contribution in [2.45, 2.75) is 10.6 Å². The highest BCUT2D eigenvalue weighted by molar-refractivity contribution is 9.10. The van der Waals surface area contributed by atoms with E-state index in [-0.39, 0.29) is 5.91 Å². The number of carbonyl (C=O) groups excluding carboxylic acids is 1. The molecule has 2 rings (SSSR count). The highest BCUT2D eigenvalue weighted by Crippen LogP contribution is 2.27. The van der Waals surface area contributed by atoms with E-state index in [2.05, 4.69) is 21.2 Å². The van der Waals surface area contributed by atoms with Gasteiger partial charge < -0.3 is 10.1 Å². The Balaban J connectivity index is 1.81. The number of benzene rings is 2. The van der Waals surface area contributed by atoms with Gasteiger partial charge in [-0.05, 0) is 58.1 Å². The second-order valence-corrected chi connectivity index (χ2v) is 7.46. The van der Waals surface area contributed by atoms with Crippen LogP contribution in [-0.4, -0.2) is 25.0 Å². The van der Waals surface area contributed by atoms with E-state index in [9.17, 15) is 4.79 Å². The van der Waals surface area contributed by atoms with Gasteiger partial charge in [0, 0.05) is 16.3 Å². The number of nitrogens with one attached hydrogen (secondary N) is 1. The molecule has 0 unspecified atom stereocenters. The number of halogens is 1. The number of hydrogen-bond acceptors (Lipinski definition) is 4. The summed E-state index contributed by atoms with van der Waals surface area (Å²) in [5.41, 5.74) is 1.99. The zero-order valence-corrected chi connectivity index (χ0v) is 16.2. The van der Waals surface area contributed by atoms with Crippen LogP contribution in [-0.2, 0) is 10.5 Å². The fourth-order valence-corrected chi connectivity index (χ4v) is 3.78. The van der Waals surface area contributed by atoms with Crippen LogP contribution in [0.4, 0.5) is 5.69 Å². The summed E-state index contributed by atoms with van der Waals surface area (Å²) in [5, 5.41) is 2.93. The number of ether oxygens (including phenoxy) is 1. The molecular formula is C17H18BrNO2S2. The molecule has 6 heteroatoms. The Morgan fingerprint density at radius 2 is 2.09 bits per heavy atom. The molecule has 1 N–H and O–H groups in total. The van der Waals surface area contributed by atoms with Crippen molar-refractivity contribution in [3.63, 3.8) is 0 Å². The molecule has 23 heavy (non-hydrogen) atoms. The lowest BCUT2D eigenvalue weighted by Crippen LogP contribution is -2.14. The van der Waals surface area contributed by atoms with Gasteiger partial charge in [0.1, 0.15) is 5.75 Å². The second-order valence-electron chi connectivity index (χ2n) is 4.74. The number of carbonyl (C=O) groups is 1. The van der Waals surface area contributed by atoms with Gasteiger partial charge in [-0.15, -0.1) is 23.5 Å². The molecule has 122 valence electrons.